The molecule has 0 heterocycles. The molecule has 0 aliphatic rings. The molecule has 0 aromatic heterocycles. The maximum Gasteiger partial charge on any atom is -0.0771 e. The second kappa shape index (κ2) is 11.8. The number of benzene rings is 3. The number of hydrogen-bond acceptors (Lipinski definition) is 0. The van der Waals surface area contributed by atoms with Gasteiger partial charge in [-0.2, -0.15) is 17.5 Å². The van der Waals surface area contributed by atoms with E-state index in [1.54, 1.807) is 0 Å². The van der Waals surface area contributed by atoms with Crippen molar-refractivity contribution in [3.05, 3.63) is 112 Å². The summed E-state index contributed by atoms with van der Waals surface area (Å²) < 4.78 is 0. The van der Waals surface area contributed by atoms with Gasteiger partial charge in [-0.3, -0.25) is 0 Å². The van der Waals surface area contributed by atoms with Gasteiger partial charge in [0.25, 0.3) is 0 Å². The van der Waals surface area contributed by atoms with Gasteiger partial charge < -0.3 is 14.9 Å². The normalized spacial score (nSPS) is 9.32. The van der Waals surface area contributed by atoms with Gasteiger partial charge in [-0.1, -0.05) is 42.5 Å². The molecule has 5 aromatic rings. The first-order valence-corrected chi connectivity index (χ1v) is 13.6. The first-order chi connectivity index (χ1) is 12.6. The molecule has 0 amide bonds. The van der Waals surface area contributed by atoms with Crippen molar-refractivity contribution in [2.24, 2.45) is 0 Å². The molecule has 0 aliphatic carbocycles. The van der Waals surface area contributed by atoms with Crippen LogP contribution in [0.5, 0.6) is 0 Å². The first-order valence-electron chi connectivity index (χ1n) is 8.80. The summed E-state index contributed by atoms with van der Waals surface area (Å²) in [4.78, 5) is 0. The molecule has 28 heavy (non-hydrogen) atoms. The average molecular weight is 416 g/mol. The predicted molar refractivity (Wildman–Crippen MR) is 127 cm³/mol. The zero-order chi connectivity index (χ0) is 18.4. The van der Waals surface area contributed by atoms with E-state index in [4.69, 9.17) is 0 Å². The van der Waals surface area contributed by atoms with Gasteiger partial charge in [-0.25, -0.2) is 0 Å². The van der Waals surface area contributed by atoms with Crippen molar-refractivity contribution in [3.63, 3.8) is 0 Å². The van der Waals surface area contributed by atoms with Crippen molar-refractivity contribution in [1.82, 2.24) is 0 Å². The van der Waals surface area contributed by atoms with Crippen LogP contribution in [0.3, 0.4) is 0 Å². The van der Waals surface area contributed by atoms with E-state index < -0.39 is 0 Å². The van der Waals surface area contributed by atoms with Crippen molar-refractivity contribution in [1.29, 1.82) is 0 Å². The topological polar surface area (TPSA) is 0 Å². The van der Waals surface area contributed by atoms with E-state index in [1.165, 1.54) is 32.3 Å². The standard InChI is InChI=1S/C13H9.C9H7.C2H6Si.2CH3.Ti/c1-3-7-12-10(5-1)9-11-6-2-4-8-13(11)12;1-2-5-9-7-3-6-8(9)4-1;1-3-2;;;/h1-9H;1-7H;1-2H3;2*1H3;/q2*-1;;2*-1;. The summed E-state index contributed by atoms with van der Waals surface area (Å²) in [6.07, 6.45) is 0.120. The van der Waals surface area contributed by atoms with Crippen LogP contribution in [0.4, 0.5) is 0 Å². The van der Waals surface area contributed by atoms with Gasteiger partial charge in [0, 0.05) is 0 Å². The number of fused-ring (bicyclic) bond motifs is 4. The minimum absolute atomic E-state index is 0. The molecular weight excluding hydrogens is 388 g/mol. The summed E-state index contributed by atoms with van der Waals surface area (Å²) in [6, 6.07) is 33.9. The largest absolute Gasteiger partial charge is 0.358 e. The average Bonchev–Trinajstić information content (AvgIpc) is 3.26. The molecule has 0 bridgehead atoms. The minimum atomic E-state index is 0. The Hall–Kier alpha value is -1.93. The van der Waals surface area contributed by atoms with Gasteiger partial charge in [-0.05, 0) is 0 Å². The summed E-state index contributed by atoms with van der Waals surface area (Å²) in [6.45, 7) is 4.54. The van der Waals surface area contributed by atoms with E-state index in [-0.39, 0.29) is 21.0 Å². The van der Waals surface area contributed by atoms with Gasteiger partial charge in [0.05, 0.1) is 0 Å². The van der Waals surface area contributed by atoms with Gasteiger partial charge in [0.2, 0.25) is 0 Å². The minimum Gasteiger partial charge on any atom is -0.358 e. The quantitative estimate of drug-likeness (QED) is 0.177. The van der Waals surface area contributed by atoms with Crippen LogP contribution in [0.1, 0.15) is 0 Å². The molecule has 0 saturated heterocycles. The van der Waals surface area contributed by atoms with Crippen LogP contribution in [-0.2, 0) is 19.2 Å². The maximum absolute atomic E-state index is 2.27. The molecule has 0 saturated carbocycles. The third-order valence-corrected chi connectivity index (χ3v) is 4.07. The fourth-order valence-electron chi connectivity index (χ4n) is 2.97. The third-order valence-electron chi connectivity index (χ3n) is 4.07. The summed E-state index contributed by atoms with van der Waals surface area (Å²) in [5.74, 6) is 0. The van der Waals surface area contributed by atoms with Gasteiger partial charge in [-0.15, -0.1) is 69.4 Å². The molecular formula is C26H28SiTi-4. The van der Waals surface area contributed by atoms with E-state index in [0.717, 1.165) is 0 Å². The summed E-state index contributed by atoms with van der Waals surface area (Å²) >= 11 is 2.27. The van der Waals surface area contributed by atoms with Crippen molar-refractivity contribution in [2.75, 3.05) is 0 Å². The van der Waals surface area contributed by atoms with Crippen molar-refractivity contribution in [2.45, 2.75) is 13.1 Å². The molecule has 0 N–H and O–H groups in total. The molecule has 5 rings (SSSR count). The Kier molecular flexibility index (Phi) is 10.2. The molecule has 2 heteroatoms. The zero-order valence-electron chi connectivity index (χ0n) is 17.2. The van der Waals surface area contributed by atoms with Crippen LogP contribution in [0.2, 0.25) is 13.1 Å². The number of hydrogen-bond donors (Lipinski definition) is 0. The maximum atomic E-state index is 2.27. The van der Waals surface area contributed by atoms with Crippen molar-refractivity contribution < 1.29 is 19.2 Å². The molecule has 0 unspecified atom stereocenters. The smallest absolute Gasteiger partial charge is 0.0771 e. The van der Waals surface area contributed by atoms with Gasteiger partial charge in [0.15, 0.2) is 0 Å². The van der Waals surface area contributed by atoms with Gasteiger partial charge >= 0.3 is 38.5 Å². The third kappa shape index (κ3) is 6.31. The van der Waals surface area contributed by atoms with Crippen LogP contribution in [-0.4, -0.2) is 6.19 Å². The van der Waals surface area contributed by atoms with Crippen LogP contribution in [0.25, 0.3) is 32.3 Å². The Morgan fingerprint density at radius 1 is 0.643 bits per heavy atom. The van der Waals surface area contributed by atoms with Crippen LogP contribution < -0.4 is 0 Å². The second-order valence-corrected chi connectivity index (χ2v) is 13.2. The Balaban J connectivity index is 0.000000231. The fourth-order valence-corrected chi connectivity index (χ4v) is 2.97. The Bertz CT molecular complexity index is 1050. The van der Waals surface area contributed by atoms with E-state index in [2.05, 4.69) is 129 Å². The Labute approximate surface area is 182 Å². The van der Waals surface area contributed by atoms with Crippen molar-refractivity contribution >= 4 is 38.5 Å². The Morgan fingerprint density at radius 3 is 1.57 bits per heavy atom. The van der Waals surface area contributed by atoms with E-state index >= 15 is 0 Å². The predicted octanol–water partition coefficient (Wildman–Crippen LogP) is 7.96. The monoisotopic (exact) mass is 416 g/mol. The molecule has 0 atom stereocenters. The molecule has 0 spiro atoms. The van der Waals surface area contributed by atoms with Crippen LogP contribution in [0, 0.1) is 14.9 Å². The van der Waals surface area contributed by atoms with Crippen molar-refractivity contribution in [3.8, 4) is 0 Å². The van der Waals surface area contributed by atoms with Crippen LogP contribution in [0.15, 0.2) is 97.1 Å². The molecule has 5 aromatic carbocycles. The zero-order valence-corrected chi connectivity index (χ0v) is 19.8. The summed E-state index contributed by atoms with van der Waals surface area (Å²) in [7, 11) is 0. The molecule has 0 fully saturated rings. The van der Waals surface area contributed by atoms with Gasteiger partial charge in [0.1, 0.15) is 0 Å². The summed E-state index contributed by atoms with van der Waals surface area (Å²) in [5.41, 5.74) is 0. The molecule has 0 nitrogen and oxygen atoms in total. The molecule has 144 valence electrons. The van der Waals surface area contributed by atoms with Crippen LogP contribution >= 0.6 is 0 Å². The summed E-state index contributed by atoms with van der Waals surface area (Å²) in [5, 5.41) is 8.05. The first kappa shape index (κ1) is 24.1. The number of rotatable bonds is 0. The van der Waals surface area contributed by atoms with E-state index in [1.807, 2.05) is 0 Å². The van der Waals surface area contributed by atoms with E-state index in [0.29, 0.717) is 0 Å². The van der Waals surface area contributed by atoms with E-state index in [9.17, 15) is 0 Å². The molecule has 0 radical (unpaired) electrons. The fraction of sp³-hybridized carbons (Fsp3) is 0.0769. The Morgan fingerprint density at radius 2 is 1.07 bits per heavy atom. The molecule has 0 aliphatic heterocycles. The second-order valence-electron chi connectivity index (χ2n) is 6.47. The SMILES string of the molecule is C[Si](C)=[Ti].[CH3-].[CH3-].c1ccc2[cH-]ccc2c1.c1ccc2c(c1)[cH-]c1ccccc12.